The van der Waals surface area contributed by atoms with E-state index in [2.05, 4.69) is 6.92 Å². The Morgan fingerprint density at radius 2 is 2.24 bits per heavy atom. The highest BCUT2D eigenvalue weighted by atomic mass is 16.5. The Balaban J connectivity index is 2.05. The molecule has 0 bridgehead atoms. The largest absolute Gasteiger partial charge is 0.490 e. The Morgan fingerprint density at radius 3 is 2.88 bits per heavy atom. The van der Waals surface area contributed by atoms with E-state index in [-0.39, 0.29) is 11.7 Å². The van der Waals surface area contributed by atoms with Gasteiger partial charge in [-0.2, -0.15) is 0 Å². The first-order valence-corrected chi connectivity index (χ1v) is 6.51. The van der Waals surface area contributed by atoms with Gasteiger partial charge in [-0.25, -0.2) is 0 Å². The lowest BCUT2D eigenvalue weighted by Gasteiger charge is -2.10. The minimum Gasteiger partial charge on any atom is -0.490 e. The summed E-state index contributed by atoms with van der Waals surface area (Å²) in [6.45, 7) is 4.11. The van der Waals surface area contributed by atoms with Crippen LogP contribution in [-0.4, -0.2) is 11.9 Å². The number of carbonyl (C=O) groups is 1. The molecule has 0 heterocycles. The van der Waals surface area contributed by atoms with E-state index in [1.807, 2.05) is 31.2 Å². The summed E-state index contributed by atoms with van der Waals surface area (Å²) in [6, 6.07) is 7.60. The molecule has 1 atom stereocenters. The smallest absolute Gasteiger partial charge is 0.165 e. The van der Waals surface area contributed by atoms with Crippen LogP contribution in [0.1, 0.15) is 49.9 Å². The van der Waals surface area contributed by atoms with Crippen LogP contribution in [0.2, 0.25) is 0 Å². The number of ketones is 1. The summed E-state index contributed by atoms with van der Waals surface area (Å²) in [6.07, 6.45) is 4.67. The van der Waals surface area contributed by atoms with E-state index in [4.69, 9.17) is 4.74 Å². The fourth-order valence-electron chi connectivity index (χ4n) is 1.95. The second-order valence-corrected chi connectivity index (χ2v) is 4.90. The van der Waals surface area contributed by atoms with Gasteiger partial charge in [0.05, 0.1) is 6.10 Å². The highest BCUT2D eigenvalue weighted by Crippen LogP contribution is 2.27. The van der Waals surface area contributed by atoms with Crippen LogP contribution < -0.4 is 4.74 Å². The van der Waals surface area contributed by atoms with Crippen molar-refractivity contribution in [1.29, 1.82) is 0 Å². The molecular formula is C15H20O2. The summed E-state index contributed by atoms with van der Waals surface area (Å²) in [4.78, 5) is 12.1. The molecule has 2 heteroatoms. The van der Waals surface area contributed by atoms with Crippen LogP contribution in [0.25, 0.3) is 0 Å². The Morgan fingerprint density at radius 1 is 1.47 bits per heavy atom. The zero-order valence-electron chi connectivity index (χ0n) is 10.6. The van der Waals surface area contributed by atoms with Gasteiger partial charge in [-0.15, -0.1) is 0 Å². The second-order valence-electron chi connectivity index (χ2n) is 4.90. The summed E-state index contributed by atoms with van der Waals surface area (Å²) in [5.74, 6) is 1.17. The van der Waals surface area contributed by atoms with Crippen LogP contribution in [0.15, 0.2) is 24.3 Å². The number of Topliss-reactive ketones (excluding diaryl/α,β-unsaturated/α-hetero) is 1. The molecule has 0 aliphatic heterocycles. The molecule has 17 heavy (non-hydrogen) atoms. The highest BCUT2D eigenvalue weighted by Gasteiger charge is 2.24. The summed E-state index contributed by atoms with van der Waals surface area (Å²) in [7, 11) is 0. The van der Waals surface area contributed by atoms with Crippen LogP contribution >= 0.6 is 0 Å². The van der Waals surface area contributed by atoms with E-state index in [9.17, 15) is 4.79 Å². The van der Waals surface area contributed by atoms with Gasteiger partial charge in [0.2, 0.25) is 0 Å². The lowest BCUT2D eigenvalue weighted by atomic mass is 9.95. The van der Waals surface area contributed by atoms with Crippen molar-refractivity contribution in [3.8, 4) is 5.75 Å². The lowest BCUT2D eigenvalue weighted by Crippen LogP contribution is -2.11. The van der Waals surface area contributed by atoms with Crippen molar-refractivity contribution in [3.05, 3.63) is 29.8 Å². The molecule has 0 radical (unpaired) electrons. The zero-order valence-corrected chi connectivity index (χ0v) is 10.6. The molecule has 2 nitrogen and oxygen atoms in total. The van der Waals surface area contributed by atoms with Crippen molar-refractivity contribution in [2.45, 2.75) is 45.6 Å². The van der Waals surface area contributed by atoms with E-state index in [1.165, 1.54) is 0 Å². The first kappa shape index (κ1) is 12.2. The Bertz CT molecular complexity index is 394. The predicted octanol–water partition coefficient (Wildman–Crippen LogP) is 3.85. The molecule has 0 spiro atoms. The molecule has 1 aliphatic carbocycles. The highest BCUT2D eigenvalue weighted by molar-refractivity contribution is 5.97. The Hall–Kier alpha value is -1.31. The minimum atomic E-state index is 0.108. The van der Waals surface area contributed by atoms with Gasteiger partial charge in [-0.3, -0.25) is 4.79 Å². The average Bonchev–Trinajstić information content (AvgIpc) is 3.12. The van der Waals surface area contributed by atoms with Crippen molar-refractivity contribution >= 4 is 5.78 Å². The molecule has 1 aliphatic rings. The minimum absolute atomic E-state index is 0.108. The molecule has 0 N–H and O–H groups in total. The molecular weight excluding hydrogens is 212 g/mol. The first-order valence-electron chi connectivity index (χ1n) is 6.51. The summed E-state index contributed by atoms with van der Waals surface area (Å²) in [5.41, 5.74) is 0.782. The van der Waals surface area contributed by atoms with Gasteiger partial charge >= 0.3 is 0 Å². The Labute approximate surface area is 103 Å². The molecule has 1 fully saturated rings. The van der Waals surface area contributed by atoms with Crippen molar-refractivity contribution in [2.24, 2.45) is 5.92 Å². The predicted molar refractivity (Wildman–Crippen MR) is 68.5 cm³/mol. The van der Waals surface area contributed by atoms with Crippen molar-refractivity contribution in [2.75, 3.05) is 0 Å². The van der Waals surface area contributed by atoms with Crippen LogP contribution in [-0.2, 0) is 0 Å². The quantitative estimate of drug-likeness (QED) is 0.696. The number of ether oxygens (including phenoxy) is 1. The van der Waals surface area contributed by atoms with Crippen LogP contribution in [0.5, 0.6) is 5.75 Å². The summed E-state index contributed by atoms with van der Waals surface area (Å²) >= 11 is 0. The van der Waals surface area contributed by atoms with Gasteiger partial charge in [0.25, 0.3) is 0 Å². The van der Waals surface area contributed by atoms with E-state index in [1.54, 1.807) is 0 Å². The molecule has 2 rings (SSSR count). The number of hydrogen-bond donors (Lipinski definition) is 0. The van der Waals surface area contributed by atoms with Gasteiger partial charge in [-0.1, -0.05) is 32.4 Å². The number of carbonyl (C=O) groups excluding carboxylic acids is 1. The average molecular weight is 232 g/mol. The number of hydrogen-bond acceptors (Lipinski definition) is 2. The second kappa shape index (κ2) is 5.35. The lowest BCUT2D eigenvalue weighted by molar-refractivity contribution is 0.0923. The van der Waals surface area contributed by atoms with E-state index < -0.39 is 0 Å². The first-order chi connectivity index (χ1) is 8.20. The fraction of sp³-hybridized carbons (Fsp3) is 0.533. The van der Waals surface area contributed by atoms with Crippen LogP contribution in [0.4, 0.5) is 0 Å². The molecule has 1 aromatic carbocycles. The standard InChI is InChI=1S/C15H20O2/c1-3-5-11(2)15(16)12-6-4-7-14(10-12)17-13-8-9-13/h4,6-7,10-11,13H,3,5,8-9H2,1-2H3. The Kier molecular flexibility index (Phi) is 3.82. The molecule has 0 amide bonds. The van der Waals surface area contributed by atoms with Gasteiger partial charge < -0.3 is 4.74 Å². The van der Waals surface area contributed by atoms with E-state index >= 15 is 0 Å². The molecule has 1 saturated carbocycles. The fourth-order valence-corrected chi connectivity index (χ4v) is 1.95. The maximum atomic E-state index is 12.1. The van der Waals surface area contributed by atoms with E-state index in [0.717, 1.165) is 37.0 Å². The topological polar surface area (TPSA) is 26.3 Å². The van der Waals surface area contributed by atoms with Crippen molar-refractivity contribution < 1.29 is 9.53 Å². The molecule has 0 aromatic heterocycles. The third kappa shape index (κ3) is 3.32. The van der Waals surface area contributed by atoms with E-state index in [0.29, 0.717) is 6.10 Å². The maximum absolute atomic E-state index is 12.1. The number of benzene rings is 1. The molecule has 92 valence electrons. The maximum Gasteiger partial charge on any atom is 0.165 e. The normalized spacial score (nSPS) is 16.6. The zero-order chi connectivity index (χ0) is 12.3. The monoisotopic (exact) mass is 232 g/mol. The SMILES string of the molecule is CCCC(C)C(=O)c1cccc(OC2CC2)c1. The summed E-state index contributed by atoms with van der Waals surface area (Å²) in [5, 5.41) is 0. The number of rotatable bonds is 6. The summed E-state index contributed by atoms with van der Waals surface area (Å²) < 4.78 is 5.70. The molecule has 1 unspecified atom stereocenters. The van der Waals surface area contributed by atoms with Crippen molar-refractivity contribution in [3.63, 3.8) is 0 Å². The van der Waals surface area contributed by atoms with Gasteiger partial charge in [-0.05, 0) is 31.4 Å². The third-order valence-electron chi connectivity index (χ3n) is 3.11. The van der Waals surface area contributed by atoms with Crippen LogP contribution in [0, 0.1) is 5.92 Å². The van der Waals surface area contributed by atoms with Gasteiger partial charge in [0.1, 0.15) is 5.75 Å². The van der Waals surface area contributed by atoms with Crippen molar-refractivity contribution in [1.82, 2.24) is 0 Å². The van der Waals surface area contributed by atoms with Gasteiger partial charge in [0, 0.05) is 11.5 Å². The van der Waals surface area contributed by atoms with Crippen LogP contribution in [0.3, 0.4) is 0 Å². The third-order valence-corrected chi connectivity index (χ3v) is 3.11. The molecule has 0 saturated heterocycles. The van der Waals surface area contributed by atoms with Gasteiger partial charge in [0.15, 0.2) is 5.78 Å². The molecule has 1 aromatic rings.